The van der Waals surface area contributed by atoms with Gasteiger partial charge >= 0.3 is 0 Å². The molecule has 0 aromatic heterocycles. The van der Waals surface area contributed by atoms with Crippen LogP contribution in [0.1, 0.15) is 51.0 Å². The summed E-state index contributed by atoms with van der Waals surface area (Å²) in [5, 5.41) is 3.46. The van der Waals surface area contributed by atoms with E-state index in [1.807, 2.05) is 0 Å². The maximum absolute atomic E-state index is 5.75. The molecule has 21 heavy (non-hydrogen) atoms. The molecular formula is C18H29NO2. The molecule has 1 unspecified atom stereocenters. The molecule has 1 aromatic rings. The quantitative estimate of drug-likeness (QED) is 0.663. The Labute approximate surface area is 129 Å². The van der Waals surface area contributed by atoms with E-state index in [0.717, 1.165) is 38.5 Å². The Morgan fingerprint density at radius 2 is 2.05 bits per heavy atom. The molecule has 2 rings (SSSR count). The maximum atomic E-state index is 5.75. The van der Waals surface area contributed by atoms with Crippen molar-refractivity contribution in [2.75, 3.05) is 19.8 Å². The molecule has 3 nitrogen and oxygen atoms in total. The molecule has 0 aliphatic carbocycles. The highest BCUT2D eigenvalue weighted by Gasteiger charge is 2.14. The highest BCUT2D eigenvalue weighted by Crippen LogP contribution is 2.14. The van der Waals surface area contributed by atoms with Crippen LogP contribution in [-0.2, 0) is 11.3 Å². The van der Waals surface area contributed by atoms with Crippen LogP contribution in [-0.4, -0.2) is 25.9 Å². The minimum Gasteiger partial charge on any atom is -0.494 e. The predicted molar refractivity (Wildman–Crippen MR) is 86.8 cm³/mol. The predicted octanol–water partition coefficient (Wildman–Crippen LogP) is 3.91. The molecule has 0 saturated carbocycles. The van der Waals surface area contributed by atoms with Crippen molar-refractivity contribution in [1.29, 1.82) is 0 Å². The third-order valence-corrected chi connectivity index (χ3v) is 3.92. The normalized spacial score (nSPS) is 18.0. The minimum atomic E-state index is 0.413. The lowest BCUT2D eigenvalue weighted by atomic mass is 10.2. The molecule has 1 atom stereocenters. The summed E-state index contributed by atoms with van der Waals surface area (Å²) in [4.78, 5) is 0. The zero-order chi connectivity index (χ0) is 14.8. The standard InChI is InChI=1S/C18H29NO2/c1-2-3-4-5-12-20-17-10-8-16(9-11-17)14-19-15-18-7-6-13-21-18/h8-11,18-19H,2-7,12-15H2,1H3. The van der Waals surface area contributed by atoms with E-state index in [9.17, 15) is 0 Å². The largest absolute Gasteiger partial charge is 0.494 e. The van der Waals surface area contributed by atoms with Gasteiger partial charge in [0.15, 0.2) is 0 Å². The highest BCUT2D eigenvalue weighted by molar-refractivity contribution is 5.27. The molecule has 1 saturated heterocycles. The van der Waals surface area contributed by atoms with Gasteiger partial charge < -0.3 is 14.8 Å². The van der Waals surface area contributed by atoms with E-state index in [1.165, 1.54) is 37.7 Å². The average Bonchev–Trinajstić information content (AvgIpc) is 3.02. The van der Waals surface area contributed by atoms with Gasteiger partial charge in [0.05, 0.1) is 12.7 Å². The van der Waals surface area contributed by atoms with Crippen LogP contribution in [0.5, 0.6) is 5.75 Å². The van der Waals surface area contributed by atoms with Crippen LogP contribution in [0.25, 0.3) is 0 Å². The summed E-state index contributed by atoms with van der Waals surface area (Å²) >= 11 is 0. The van der Waals surface area contributed by atoms with Crippen molar-refractivity contribution in [3.05, 3.63) is 29.8 Å². The summed E-state index contributed by atoms with van der Waals surface area (Å²) in [6, 6.07) is 8.43. The van der Waals surface area contributed by atoms with Crippen molar-refractivity contribution in [3.63, 3.8) is 0 Å². The van der Waals surface area contributed by atoms with Crippen LogP contribution in [0.2, 0.25) is 0 Å². The Morgan fingerprint density at radius 3 is 2.76 bits per heavy atom. The average molecular weight is 291 g/mol. The number of unbranched alkanes of at least 4 members (excludes halogenated alkanes) is 3. The van der Waals surface area contributed by atoms with Gasteiger partial charge in [-0.05, 0) is 37.0 Å². The molecule has 1 aromatic carbocycles. The molecule has 1 aliphatic rings. The summed E-state index contributed by atoms with van der Waals surface area (Å²) < 4.78 is 11.4. The van der Waals surface area contributed by atoms with E-state index >= 15 is 0 Å². The topological polar surface area (TPSA) is 30.5 Å². The van der Waals surface area contributed by atoms with Crippen molar-refractivity contribution in [2.24, 2.45) is 0 Å². The molecule has 1 fully saturated rings. The van der Waals surface area contributed by atoms with E-state index in [0.29, 0.717) is 6.10 Å². The molecule has 3 heteroatoms. The Morgan fingerprint density at radius 1 is 1.19 bits per heavy atom. The molecule has 0 spiro atoms. The molecule has 118 valence electrons. The van der Waals surface area contributed by atoms with Crippen LogP contribution in [0.3, 0.4) is 0 Å². The van der Waals surface area contributed by atoms with Gasteiger partial charge in [0.25, 0.3) is 0 Å². The van der Waals surface area contributed by atoms with Crippen LogP contribution in [0.4, 0.5) is 0 Å². The van der Waals surface area contributed by atoms with Gasteiger partial charge in [-0.1, -0.05) is 38.3 Å². The van der Waals surface area contributed by atoms with Gasteiger partial charge in [0.1, 0.15) is 5.75 Å². The lowest BCUT2D eigenvalue weighted by molar-refractivity contribution is 0.110. The highest BCUT2D eigenvalue weighted by atomic mass is 16.5. The summed E-state index contributed by atoms with van der Waals surface area (Å²) in [6.07, 6.45) is 7.80. The zero-order valence-electron chi connectivity index (χ0n) is 13.3. The number of hydrogen-bond acceptors (Lipinski definition) is 3. The van der Waals surface area contributed by atoms with Crippen LogP contribution in [0.15, 0.2) is 24.3 Å². The third kappa shape index (κ3) is 6.49. The minimum absolute atomic E-state index is 0.413. The monoisotopic (exact) mass is 291 g/mol. The number of rotatable bonds is 10. The van der Waals surface area contributed by atoms with E-state index in [2.05, 4.69) is 36.5 Å². The summed E-state index contributed by atoms with van der Waals surface area (Å²) in [5.74, 6) is 0.981. The van der Waals surface area contributed by atoms with Gasteiger partial charge in [-0.2, -0.15) is 0 Å². The fourth-order valence-electron chi connectivity index (χ4n) is 2.61. The number of hydrogen-bond donors (Lipinski definition) is 1. The summed E-state index contributed by atoms with van der Waals surface area (Å²) in [7, 11) is 0. The van der Waals surface area contributed by atoms with E-state index in [-0.39, 0.29) is 0 Å². The SMILES string of the molecule is CCCCCCOc1ccc(CNCC2CCCO2)cc1. The molecule has 1 aliphatic heterocycles. The molecule has 1 N–H and O–H groups in total. The molecule has 0 radical (unpaired) electrons. The van der Waals surface area contributed by atoms with Crippen molar-refractivity contribution in [2.45, 2.75) is 58.1 Å². The third-order valence-electron chi connectivity index (χ3n) is 3.92. The fraction of sp³-hybridized carbons (Fsp3) is 0.667. The maximum Gasteiger partial charge on any atom is 0.119 e. The lowest BCUT2D eigenvalue weighted by Gasteiger charge is -2.11. The van der Waals surface area contributed by atoms with Gasteiger partial charge in [-0.25, -0.2) is 0 Å². The molecule has 1 heterocycles. The first-order chi connectivity index (χ1) is 10.4. The van der Waals surface area contributed by atoms with Crippen LogP contribution < -0.4 is 10.1 Å². The molecular weight excluding hydrogens is 262 g/mol. The first-order valence-electron chi connectivity index (χ1n) is 8.42. The Hall–Kier alpha value is -1.06. The first kappa shape index (κ1) is 16.3. The lowest BCUT2D eigenvalue weighted by Crippen LogP contribution is -2.25. The van der Waals surface area contributed by atoms with E-state index in [4.69, 9.17) is 9.47 Å². The van der Waals surface area contributed by atoms with Gasteiger partial charge in [-0.3, -0.25) is 0 Å². The van der Waals surface area contributed by atoms with Crippen molar-refractivity contribution < 1.29 is 9.47 Å². The van der Waals surface area contributed by atoms with Crippen LogP contribution >= 0.6 is 0 Å². The summed E-state index contributed by atoms with van der Waals surface area (Å²) in [5.41, 5.74) is 1.30. The number of benzene rings is 1. The van der Waals surface area contributed by atoms with Gasteiger partial charge in [0.2, 0.25) is 0 Å². The number of ether oxygens (including phenoxy) is 2. The molecule has 0 amide bonds. The van der Waals surface area contributed by atoms with Crippen molar-refractivity contribution in [3.8, 4) is 5.75 Å². The fourth-order valence-corrected chi connectivity index (χ4v) is 2.61. The van der Waals surface area contributed by atoms with Crippen LogP contribution in [0, 0.1) is 0 Å². The second-order valence-electron chi connectivity index (χ2n) is 5.82. The Kier molecular flexibility index (Phi) is 7.61. The Bertz CT molecular complexity index is 371. The number of nitrogens with one attached hydrogen (secondary N) is 1. The first-order valence-corrected chi connectivity index (χ1v) is 8.42. The van der Waals surface area contributed by atoms with E-state index in [1.54, 1.807) is 0 Å². The summed E-state index contributed by atoms with van der Waals surface area (Å²) in [6.45, 7) is 5.84. The Balaban J connectivity index is 1.59. The second kappa shape index (κ2) is 9.80. The smallest absolute Gasteiger partial charge is 0.119 e. The molecule has 0 bridgehead atoms. The van der Waals surface area contributed by atoms with Crippen molar-refractivity contribution in [1.82, 2.24) is 5.32 Å². The van der Waals surface area contributed by atoms with Gasteiger partial charge in [0, 0.05) is 19.7 Å². The zero-order valence-corrected chi connectivity index (χ0v) is 13.3. The van der Waals surface area contributed by atoms with Crippen molar-refractivity contribution >= 4 is 0 Å². The van der Waals surface area contributed by atoms with Gasteiger partial charge in [-0.15, -0.1) is 0 Å². The second-order valence-corrected chi connectivity index (χ2v) is 5.82. The van der Waals surface area contributed by atoms with E-state index < -0.39 is 0 Å².